The van der Waals surface area contributed by atoms with Crippen molar-refractivity contribution in [2.75, 3.05) is 27.3 Å². The van der Waals surface area contributed by atoms with E-state index in [0.717, 1.165) is 31.0 Å². The highest BCUT2D eigenvalue weighted by Gasteiger charge is 2.30. The Morgan fingerprint density at radius 1 is 1.30 bits per heavy atom. The first-order valence-corrected chi connectivity index (χ1v) is 8.68. The first-order chi connectivity index (χ1) is 11.1. The number of benzene rings is 1. The zero-order valence-corrected chi connectivity index (χ0v) is 14.8. The normalized spacial score (nSPS) is 17.6. The van der Waals surface area contributed by atoms with Gasteiger partial charge in [-0.25, -0.2) is 0 Å². The van der Waals surface area contributed by atoms with Gasteiger partial charge >= 0.3 is 0 Å². The molecule has 0 saturated carbocycles. The summed E-state index contributed by atoms with van der Waals surface area (Å²) in [4.78, 5) is 3.86. The molecule has 1 aromatic heterocycles. The smallest absolute Gasteiger partial charge is 0.161 e. The fraction of sp³-hybridized carbons (Fsp3) is 0.368. The van der Waals surface area contributed by atoms with E-state index in [2.05, 4.69) is 48.0 Å². The maximum absolute atomic E-state index is 5.53. The van der Waals surface area contributed by atoms with Crippen LogP contribution in [0.3, 0.4) is 0 Å². The van der Waals surface area contributed by atoms with E-state index in [1.807, 2.05) is 0 Å². The number of hydrogen-bond acceptors (Lipinski definition) is 4. The molecule has 0 amide bonds. The Morgan fingerprint density at radius 3 is 2.65 bits per heavy atom. The van der Waals surface area contributed by atoms with E-state index in [1.165, 1.54) is 21.6 Å². The highest BCUT2D eigenvalue weighted by Crippen LogP contribution is 2.42. The Balaban J connectivity index is 2.10. The van der Waals surface area contributed by atoms with Crippen molar-refractivity contribution < 1.29 is 9.47 Å². The van der Waals surface area contributed by atoms with Gasteiger partial charge in [0.1, 0.15) is 0 Å². The van der Waals surface area contributed by atoms with Gasteiger partial charge in [-0.2, -0.15) is 0 Å². The molecular weight excluding hydrogens is 306 g/mol. The SMILES string of the molecule is C=C(C)CN1CCc2cc(OC)c(OC)cc2C1c1cccs1. The van der Waals surface area contributed by atoms with Gasteiger partial charge in [0, 0.05) is 18.0 Å². The number of fused-ring (bicyclic) bond motifs is 1. The van der Waals surface area contributed by atoms with Gasteiger partial charge in [0.25, 0.3) is 0 Å². The third-order valence-electron chi connectivity index (χ3n) is 4.26. The third kappa shape index (κ3) is 3.14. The Bertz CT molecular complexity index is 694. The summed E-state index contributed by atoms with van der Waals surface area (Å²) in [5.41, 5.74) is 3.85. The van der Waals surface area contributed by atoms with Gasteiger partial charge in [-0.05, 0) is 48.1 Å². The number of nitrogens with zero attached hydrogens (tertiary/aromatic N) is 1. The van der Waals surface area contributed by atoms with Crippen LogP contribution in [-0.2, 0) is 6.42 Å². The Labute approximate surface area is 142 Å². The second-order valence-electron chi connectivity index (χ2n) is 6.00. The van der Waals surface area contributed by atoms with Gasteiger partial charge in [-0.3, -0.25) is 4.90 Å². The van der Waals surface area contributed by atoms with Crippen molar-refractivity contribution in [3.05, 3.63) is 57.8 Å². The molecule has 0 aliphatic carbocycles. The van der Waals surface area contributed by atoms with Crippen LogP contribution in [0.4, 0.5) is 0 Å². The maximum atomic E-state index is 5.53. The van der Waals surface area contributed by atoms with Crippen LogP contribution >= 0.6 is 11.3 Å². The molecule has 3 rings (SSSR count). The largest absolute Gasteiger partial charge is 0.493 e. The molecule has 0 bridgehead atoms. The number of ether oxygens (including phenoxy) is 2. The van der Waals surface area contributed by atoms with Crippen LogP contribution in [0.1, 0.15) is 29.0 Å². The first-order valence-electron chi connectivity index (χ1n) is 7.80. The van der Waals surface area contributed by atoms with E-state index in [1.54, 1.807) is 25.6 Å². The minimum Gasteiger partial charge on any atom is -0.493 e. The number of rotatable bonds is 5. The maximum Gasteiger partial charge on any atom is 0.161 e. The molecule has 0 radical (unpaired) electrons. The molecule has 2 aromatic rings. The first kappa shape index (κ1) is 16.1. The van der Waals surface area contributed by atoms with Crippen molar-refractivity contribution in [3.8, 4) is 11.5 Å². The molecule has 0 spiro atoms. The Morgan fingerprint density at radius 2 is 2.04 bits per heavy atom. The summed E-state index contributed by atoms with van der Waals surface area (Å²) < 4.78 is 11.0. The number of methoxy groups -OCH3 is 2. The second-order valence-corrected chi connectivity index (χ2v) is 6.98. The third-order valence-corrected chi connectivity index (χ3v) is 5.18. The average Bonchev–Trinajstić information content (AvgIpc) is 3.06. The van der Waals surface area contributed by atoms with Crippen molar-refractivity contribution in [2.24, 2.45) is 0 Å². The van der Waals surface area contributed by atoms with Gasteiger partial charge in [0.15, 0.2) is 11.5 Å². The molecule has 0 N–H and O–H groups in total. The fourth-order valence-corrected chi connectivity index (χ4v) is 4.17. The number of hydrogen-bond donors (Lipinski definition) is 0. The molecule has 2 heterocycles. The lowest BCUT2D eigenvalue weighted by Crippen LogP contribution is -2.36. The van der Waals surface area contributed by atoms with Crippen LogP contribution in [0.2, 0.25) is 0 Å². The van der Waals surface area contributed by atoms with Crippen LogP contribution in [-0.4, -0.2) is 32.2 Å². The highest BCUT2D eigenvalue weighted by atomic mass is 32.1. The highest BCUT2D eigenvalue weighted by molar-refractivity contribution is 7.10. The van der Waals surface area contributed by atoms with Gasteiger partial charge in [-0.1, -0.05) is 18.2 Å². The standard InChI is InChI=1S/C19H23NO2S/c1-13(2)12-20-8-7-14-10-16(21-3)17(22-4)11-15(14)19(20)18-6-5-9-23-18/h5-6,9-11,19H,1,7-8,12H2,2-4H3. The number of thiophene rings is 1. The lowest BCUT2D eigenvalue weighted by Gasteiger charge is -2.37. The fourth-order valence-electron chi connectivity index (χ4n) is 3.29. The molecular formula is C19H23NO2S. The van der Waals surface area contributed by atoms with E-state index >= 15 is 0 Å². The van der Waals surface area contributed by atoms with Crippen LogP contribution in [0.15, 0.2) is 41.8 Å². The van der Waals surface area contributed by atoms with E-state index < -0.39 is 0 Å². The molecule has 4 heteroatoms. The monoisotopic (exact) mass is 329 g/mol. The zero-order chi connectivity index (χ0) is 16.4. The van der Waals surface area contributed by atoms with Crippen LogP contribution in [0, 0.1) is 0 Å². The molecule has 0 fully saturated rings. The van der Waals surface area contributed by atoms with Crippen LogP contribution in [0.25, 0.3) is 0 Å². The van der Waals surface area contributed by atoms with E-state index in [9.17, 15) is 0 Å². The minimum absolute atomic E-state index is 0.259. The second kappa shape index (κ2) is 6.77. The molecule has 23 heavy (non-hydrogen) atoms. The molecule has 3 nitrogen and oxygen atoms in total. The molecule has 1 aliphatic heterocycles. The summed E-state index contributed by atoms with van der Waals surface area (Å²) in [6, 6.07) is 8.87. The minimum atomic E-state index is 0.259. The molecule has 0 saturated heterocycles. The van der Waals surface area contributed by atoms with Gasteiger partial charge < -0.3 is 9.47 Å². The zero-order valence-electron chi connectivity index (χ0n) is 14.0. The van der Waals surface area contributed by atoms with E-state index in [-0.39, 0.29) is 6.04 Å². The van der Waals surface area contributed by atoms with Gasteiger partial charge in [0.2, 0.25) is 0 Å². The lowest BCUT2D eigenvalue weighted by molar-refractivity contribution is 0.233. The lowest BCUT2D eigenvalue weighted by atomic mass is 9.90. The summed E-state index contributed by atoms with van der Waals surface area (Å²) >= 11 is 1.80. The predicted octanol–water partition coefficient (Wildman–Crippen LogP) is 4.29. The summed E-state index contributed by atoms with van der Waals surface area (Å²) in [5.74, 6) is 1.61. The van der Waals surface area contributed by atoms with Crippen LogP contribution < -0.4 is 9.47 Å². The van der Waals surface area contributed by atoms with E-state index in [4.69, 9.17) is 9.47 Å². The average molecular weight is 329 g/mol. The predicted molar refractivity (Wildman–Crippen MR) is 95.8 cm³/mol. The Hall–Kier alpha value is -1.78. The van der Waals surface area contributed by atoms with Crippen molar-refractivity contribution in [1.29, 1.82) is 0 Å². The van der Waals surface area contributed by atoms with Crippen molar-refractivity contribution in [3.63, 3.8) is 0 Å². The Kier molecular flexibility index (Phi) is 4.74. The van der Waals surface area contributed by atoms with E-state index in [0.29, 0.717) is 0 Å². The molecule has 122 valence electrons. The van der Waals surface area contributed by atoms with Crippen molar-refractivity contribution >= 4 is 11.3 Å². The summed E-state index contributed by atoms with van der Waals surface area (Å²) in [5, 5.41) is 2.14. The summed E-state index contributed by atoms with van der Waals surface area (Å²) in [6.07, 6.45) is 1.02. The van der Waals surface area contributed by atoms with Crippen molar-refractivity contribution in [1.82, 2.24) is 4.90 Å². The summed E-state index contributed by atoms with van der Waals surface area (Å²) in [7, 11) is 3.39. The van der Waals surface area contributed by atoms with Crippen LogP contribution in [0.5, 0.6) is 11.5 Å². The molecule has 1 aromatic carbocycles. The quantitative estimate of drug-likeness (QED) is 0.764. The molecule has 1 atom stereocenters. The van der Waals surface area contributed by atoms with Crippen molar-refractivity contribution in [2.45, 2.75) is 19.4 Å². The molecule has 1 unspecified atom stereocenters. The molecule has 1 aliphatic rings. The van der Waals surface area contributed by atoms with Gasteiger partial charge in [-0.15, -0.1) is 11.3 Å². The topological polar surface area (TPSA) is 21.7 Å². The van der Waals surface area contributed by atoms with Gasteiger partial charge in [0.05, 0.1) is 20.3 Å². The summed E-state index contributed by atoms with van der Waals surface area (Å²) in [6.45, 7) is 8.13.